The molecule has 2 aliphatic rings. The van der Waals surface area contributed by atoms with Gasteiger partial charge in [0.25, 0.3) is 0 Å². The van der Waals surface area contributed by atoms with Crippen molar-refractivity contribution in [3.63, 3.8) is 0 Å². The maximum Gasteiger partial charge on any atom is 0.343 e. The van der Waals surface area contributed by atoms with Crippen molar-refractivity contribution in [3.8, 4) is 28.7 Å². The highest BCUT2D eigenvalue weighted by Gasteiger charge is 2.36. The fourth-order valence-electron chi connectivity index (χ4n) is 5.39. The van der Waals surface area contributed by atoms with Crippen LogP contribution in [0.25, 0.3) is 11.1 Å². The lowest BCUT2D eigenvalue weighted by Gasteiger charge is -2.40. The van der Waals surface area contributed by atoms with Gasteiger partial charge in [0.15, 0.2) is 0 Å². The highest BCUT2D eigenvalue weighted by molar-refractivity contribution is 5.93. The standard InChI is InChI=1S/C34H37NO5/c1-3-34(22-38-23-34)21-37-16-6-4-5-7-17-39-27-10-12-28(13-11-27)40-33(36)26-9-15-30-29-14-8-25(20-35)18-31(29)24(2)32(30)19-26/h8-15,18-19,24H,3-7,16-17,21-23H2,1-2H3. The summed E-state index contributed by atoms with van der Waals surface area (Å²) >= 11 is 0. The lowest BCUT2D eigenvalue weighted by Crippen LogP contribution is -2.45. The third-order valence-corrected chi connectivity index (χ3v) is 8.15. The predicted octanol–water partition coefficient (Wildman–Crippen LogP) is 7.29. The second kappa shape index (κ2) is 12.7. The molecule has 1 unspecified atom stereocenters. The molecule has 1 heterocycles. The van der Waals surface area contributed by atoms with Crippen molar-refractivity contribution >= 4 is 5.97 Å². The van der Waals surface area contributed by atoms with E-state index in [1.54, 1.807) is 18.2 Å². The molecule has 1 fully saturated rings. The minimum Gasteiger partial charge on any atom is -0.494 e. The lowest BCUT2D eigenvalue weighted by molar-refractivity contribution is -0.150. The van der Waals surface area contributed by atoms with E-state index in [0.717, 1.165) is 86.5 Å². The maximum absolute atomic E-state index is 12.9. The van der Waals surface area contributed by atoms with Gasteiger partial charge in [-0.2, -0.15) is 5.26 Å². The van der Waals surface area contributed by atoms with Crippen LogP contribution in [0.15, 0.2) is 60.7 Å². The molecule has 1 aliphatic carbocycles. The van der Waals surface area contributed by atoms with Crippen LogP contribution in [0.3, 0.4) is 0 Å². The highest BCUT2D eigenvalue weighted by Crippen LogP contribution is 2.45. The topological polar surface area (TPSA) is 77.8 Å². The van der Waals surface area contributed by atoms with Gasteiger partial charge < -0.3 is 18.9 Å². The number of nitrogens with zero attached hydrogens (tertiary/aromatic N) is 1. The second-order valence-electron chi connectivity index (χ2n) is 11.0. The average molecular weight is 540 g/mol. The van der Waals surface area contributed by atoms with Gasteiger partial charge in [0, 0.05) is 17.9 Å². The Morgan fingerprint density at radius 3 is 2.27 bits per heavy atom. The van der Waals surface area contributed by atoms with Crippen molar-refractivity contribution in [2.75, 3.05) is 33.0 Å². The molecule has 3 aromatic rings. The molecule has 0 amide bonds. The van der Waals surface area contributed by atoms with Crippen molar-refractivity contribution in [2.24, 2.45) is 5.41 Å². The summed E-state index contributed by atoms with van der Waals surface area (Å²) in [4.78, 5) is 12.9. The molecule has 0 aromatic heterocycles. The number of hydrogen-bond acceptors (Lipinski definition) is 6. The Labute approximate surface area is 236 Å². The van der Waals surface area contributed by atoms with Crippen molar-refractivity contribution in [1.29, 1.82) is 5.26 Å². The van der Waals surface area contributed by atoms with Gasteiger partial charge in [0.1, 0.15) is 11.5 Å². The molecule has 6 heteroatoms. The van der Waals surface area contributed by atoms with E-state index in [1.165, 1.54) is 0 Å². The van der Waals surface area contributed by atoms with Crippen LogP contribution in [-0.4, -0.2) is 39.0 Å². The van der Waals surface area contributed by atoms with E-state index in [1.807, 2.05) is 42.5 Å². The van der Waals surface area contributed by atoms with Crippen LogP contribution in [0.2, 0.25) is 0 Å². The number of carbonyl (C=O) groups excluding carboxylic acids is 1. The van der Waals surface area contributed by atoms with Gasteiger partial charge in [0.05, 0.1) is 43.6 Å². The number of esters is 1. The van der Waals surface area contributed by atoms with E-state index in [9.17, 15) is 10.1 Å². The molecular formula is C34H37NO5. The fraction of sp³-hybridized carbons (Fsp3) is 0.412. The smallest absolute Gasteiger partial charge is 0.343 e. The first-order valence-corrected chi connectivity index (χ1v) is 14.3. The van der Waals surface area contributed by atoms with Crippen LogP contribution in [-0.2, 0) is 9.47 Å². The number of nitriles is 1. The zero-order valence-electron chi connectivity index (χ0n) is 23.4. The van der Waals surface area contributed by atoms with Crippen molar-refractivity contribution < 1.29 is 23.7 Å². The van der Waals surface area contributed by atoms with Crippen LogP contribution >= 0.6 is 0 Å². The largest absolute Gasteiger partial charge is 0.494 e. The molecule has 0 N–H and O–H groups in total. The van der Waals surface area contributed by atoms with Crippen LogP contribution in [0.4, 0.5) is 0 Å². The molecule has 1 atom stereocenters. The number of rotatable bonds is 13. The minimum absolute atomic E-state index is 0.108. The van der Waals surface area contributed by atoms with Gasteiger partial charge in [-0.1, -0.05) is 32.4 Å². The van der Waals surface area contributed by atoms with Crippen molar-refractivity contribution in [1.82, 2.24) is 0 Å². The highest BCUT2D eigenvalue weighted by atomic mass is 16.5. The average Bonchev–Trinajstić information content (AvgIpc) is 3.24. The molecule has 0 bridgehead atoms. The van der Waals surface area contributed by atoms with Crippen LogP contribution < -0.4 is 9.47 Å². The van der Waals surface area contributed by atoms with E-state index in [4.69, 9.17) is 18.9 Å². The Kier molecular flexibility index (Phi) is 8.84. The first kappa shape index (κ1) is 27.9. The number of unbranched alkanes of at least 4 members (excludes halogenated alkanes) is 3. The monoisotopic (exact) mass is 539 g/mol. The van der Waals surface area contributed by atoms with E-state index in [-0.39, 0.29) is 11.3 Å². The first-order valence-electron chi connectivity index (χ1n) is 14.3. The third-order valence-electron chi connectivity index (χ3n) is 8.15. The molecule has 6 nitrogen and oxygen atoms in total. The summed E-state index contributed by atoms with van der Waals surface area (Å²) < 4.78 is 22.7. The maximum atomic E-state index is 12.9. The zero-order chi connectivity index (χ0) is 28.0. The van der Waals surface area contributed by atoms with E-state index in [2.05, 4.69) is 19.9 Å². The van der Waals surface area contributed by atoms with Crippen molar-refractivity contribution in [2.45, 2.75) is 51.9 Å². The van der Waals surface area contributed by atoms with Gasteiger partial charge >= 0.3 is 5.97 Å². The van der Waals surface area contributed by atoms with E-state index >= 15 is 0 Å². The minimum atomic E-state index is -0.396. The number of fused-ring (bicyclic) bond motifs is 3. The molecular weight excluding hydrogens is 502 g/mol. The summed E-state index contributed by atoms with van der Waals surface area (Å²) in [5.41, 5.74) is 5.82. The summed E-state index contributed by atoms with van der Waals surface area (Å²) in [5, 5.41) is 9.25. The SMILES string of the molecule is CCC1(COCCCCCCOc2ccc(OC(=O)c3ccc4c(c3)C(C)c3cc(C#N)ccc3-4)cc2)COC1. The summed E-state index contributed by atoms with van der Waals surface area (Å²) in [5.74, 6) is 0.951. The van der Waals surface area contributed by atoms with Gasteiger partial charge in [-0.05, 0) is 96.5 Å². The quantitative estimate of drug-likeness (QED) is 0.129. The Hall–Kier alpha value is -3.66. The summed E-state index contributed by atoms with van der Waals surface area (Å²) in [6.45, 7) is 8.24. The molecule has 1 saturated heterocycles. The van der Waals surface area contributed by atoms with Crippen LogP contribution in [0, 0.1) is 16.7 Å². The second-order valence-corrected chi connectivity index (χ2v) is 11.0. The van der Waals surface area contributed by atoms with E-state index in [0.29, 0.717) is 23.5 Å². The zero-order valence-corrected chi connectivity index (χ0v) is 23.4. The fourth-order valence-corrected chi connectivity index (χ4v) is 5.39. The summed E-state index contributed by atoms with van der Waals surface area (Å²) in [6.07, 6.45) is 5.40. The number of carbonyl (C=O) groups is 1. The first-order chi connectivity index (χ1) is 19.5. The van der Waals surface area contributed by atoms with Gasteiger partial charge in [-0.3, -0.25) is 0 Å². The van der Waals surface area contributed by atoms with Gasteiger partial charge in [0.2, 0.25) is 0 Å². The molecule has 40 heavy (non-hydrogen) atoms. The van der Waals surface area contributed by atoms with Gasteiger partial charge in [-0.15, -0.1) is 0 Å². The third kappa shape index (κ3) is 6.22. The summed E-state index contributed by atoms with van der Waals surface area (Å²) in [7, 11) is 0. The molecule has 0 saturated carbocycles. The Morgan fingerprint density at radius 1 is 0.925 bits per heavy atom. The van der Waals surface area contributed by atoms with Gasteiger partial charge in [-0.25, -0.2) is 4.79 Å². The molecule has 208 valence electrons. The van der Waals surface area contributed by atoms with Crippen LogP contribution in [0.1, 0.15) is 78.9 Å². The Bertz CT molecular complexity index is 1360. The number of hydrogen-bond donors (Lipinski definition) is 0. The number of ether oxygens (including phenoxy) is 4. The molecule has 0 spiro atoms. The molecule has 3 aromatic carbocycles. The predicted molar refractivity (Wildman–Crippen MR) is 154 cm³/mol. The molecule has 0 radical (unpaired) electrons. The Morgan fingerprint density at radius 2 is 1.60 bits per heavy atom. The summed E-state index contributed by atoms with van der Waals surface area (Å²) in [6, 6.07) is 20.8. The Balaban J connectivity index is 1.03. The normalized spacial score (nSPS) is 16.4. The lowest BCUT2D eigenvalue weighted by atomic mass is 9.84. The van der Waals surface area contributed by atoms with Crippen molar-refractivity contribution in [3.05, 3.63) is 82.9 Å². The van der Waals surface area contributed by atoms with E-state index < -0.39 is 5.97 Å². The number of benzene rings is 3. The molecule has 5 rings (SSSR count). The van der Waals surface area contributed by atoms with Crippen LogP contribution in [0.5, 0.6) is 11.5 Å². The molecule has 1 aliphatic heterocycles.